The fourth-order valence-electron chi connectivity index (χ4n) is 2.56. The lowest BCUT2D eigenvalue weighted by Gasteiger charge is -2.22. The van der Waals surface area contributed by atoms with Crippen LogP contribution in [0.15, 0.2) is 0 Å². The maximum absolute atomic E-state index is 5.76. The van der Waals surface area contributed by atoms with Crippen molar-refractivity contribution in [3.05, 3.63) is 0 Å². The minimum absolute atomic E-state index is 0.602. The van der Waals surface area contributed by atoms with E-state index in [9.17, 15) is 0 Å². The van der Waals surface area contributed by atoms with Gasteiger partial charge in [-0.2, -0.15) is 0 Å². The summed E-state index contributed by atoms with van der Waals surface area (Å²) in [6, 6.07) is 0. The predicted molar refractivity (Wildman–Crippen MR) is 80.0 cm³/mol. The molecule has 1 rings (SSSR count). The summed E-state index contributed by atoms with van der Waals surface area (Å²) in [5, 5.41) is 0. The maximum Gasteiger partial charge on any atom is 0.107 e. The van der Waals surface area contributed by atoms with Crippen LogP contribution in [0.1, 0.15) is 64.7 Å². The van der Waals surface area contributed by atoms with Crippen molar-refractivity contribution < 1.29 is 4.74 Å². The monoisotopic (exact) mass is 259 g/mol. The molecule has 0 saturated carbocycles. The first-order valence-corrected chi connectivity index (χ1v) is 9.50. The van der Waals surface area contributed by atoms with Gasteiger partial charge in [0, 0.05) is 6.61 Å². The number of hydrogen-bond acceptors (Lipinski definition) is 1. The molecule has 102 valence electrons. The van der Waals surface area contributed by atoms with Gasteiger partial charge >= 0.3 is 0 Å². The highest BCUT2D eigenvalue weighted by Gasteiger charge is 2.13. The van der Waals surface area contributed by atoms with Crippen LogP contribution in [0.25, 0.3) is 0 Å². The first-order valence-electron chi connectivity index (χ1n) is 7.53. The minimum atomic E-state index is 0.602. The summed E-state index contributed by atoms with van der Waals surface area (Å²) in [6.45, 7) is 3.31. The Morgan fingerprint density at radius 2 is 1.88 bits per heavy atom. The van der Waals surface area contributed by atoms with E-state index in [4.69, 9.17) is 4.74 Å². The summed E-state index contributed by atoms with van der Waals surface area (Å²) < 4.78 is 5.76. The molecule has 0 amide bonds. The van der Waals surface area contributed by atoms with Gasteiger partial charge in [0.05, 0.1) is 12.4 Å². The topological polar surface area (TPSA) is 9.23 Å². The van der Waals surface area contributed by atoms with Crippen LogP contribution in [0.3, 0.4) is 0 Å². The summed E-state index contributed by atoms with van der Waals surface area (Å²) in [7, 11) is 0.696. The van der Waals surface area contributed by atoms with E-state index in [0.29, 0.717) is 17.0 Å². The van der Waals surface area contributed by atoms with Gasteiger partial charge in [-0.1, -0.05) is 19.8 Å². The van der Waals surface area contributed by atoms with Gasteiger partial charge in [-0.25, -0.2) is 0 Å². The second-order valence-electron chi connectivity index (χ2n) is 5.38. The van der Waals surface area contributed by atoms with Gasteiger partial charge < -0.3 is 4.74 Å². The fraction of sp³-hybridized carbons (Fsp3) is 1.00. The Hall–Kier alpha value is 0.310. The summed E-state index contributed by atoms with van der Waals surface area (Å²) in [5.41, 5.74) is 0. The lowest BCUT2D eigenvalue weighted by atomic mass is 10.0. The lowest BCUT2D eigenvalue weighted by molar-refractivity contribution is 0.00979. The zero-order valence-corrected chi connectivity index (χ0v) is 12.7. The molecular weight excluding hydrogens is 228 g/mol. The Kier molecular flexibility index (Phi) is 9.27. The molecule has 17 heavy (non-hydrogen) atoms. The summed E-state index contributed by atoms with van der Waals surface area (Å²) >= 11 is 0. The molecule has 1 heterocycles. The zero-order chi connectivity index (χ0) is 12.3. The van der Waals surface area contributed by atoms with Crippen molar-refractivity contribution in [3.8, 4) is 0 Å². The molecule has 0 N–H and O–H groups in total. The van der Waals surface area contributed by atoms with Gasteiger partial charge in [0.15, 0.2) is 0 Å². The van der Waals surface area contributed by atoms with Crippen molar-refractivity contribution in [2.75, 3.05) is 24.4 Å². The van der Waals surface area contributed by atoms with E-state index in [2.05, 4.69) is 13.2 Å². The van der Waals surface area contributed by atoms with E-state index in [0.717, 1.165) is 6.61 Å². The molecule has 0 aromatic carbocycles. The molecule has 0 aromatic heterocycles. The van der Waals surface area contributed by atoms with Crippen molar-refractivity contribution in [2.24, 2.45) is 0 Å². The number of unbranched alkanes of at least 4 members (excludes halogenated alkanes) is 3. The van der Waals surface area contributed by atoms with Gasteiger partial charge in [-0.15, -0.1) is 0 Å². The van der Waals surface area contributed by atoms with E-state index in [1.54, 1.807) is 0 Å². The molecule has 2 atom stereocenters. The molecule has 2 heteroatoms. The van der Waals surface area contributed by atoms with Crippen LogP contribution in [0.4, 0.5) is 0 Å². The Morgan fingerprint density at radius 3 is 2.59 bits per heavy atom. The molecule has 1 fully saturated rings. The highest BCUT2D eigenvalue weighted by molar-refractivity contribution is 7.96. The molecule has 1 nitrogen and oxygen atoms in total. The third-order valence-electron chi connectivity index (χ3n) is 3.60. The predicted octanol–water partition coefficient (Wildman–Crippen LogP) is 4.16. The summed E-state index contributed by atoms with van der Waals surface area (Å²) in [4.78, 5) is 0. The van der Waals surface area contributed by atoms with Gasteiger partial charge in [-0.05, 0) is 55.8 Å². The second-order valence-corrected chi connectivity index (χ2v) is 7.76. The Bertz CT molecular complexity index is 166. The molecule has 1 aliphatic rings. The molecule has 0 spiro atoms. The first-order chi connectivity index (χ1) is 8.33. The van der Waals surface area contributed by atoms with Gasteiger partial charge in [0.25, 0.3) is 0 Å². The normalized spacial score (nSPS) is 22.6. The van der Waals surface area contributed by atoms with Crippen molar-refractivity contribution in [2.45, 2.75) is 70.8 Å². The highest BCUT2D eigenvalue weighted by Crippen LogP contribution is 2.18. The minimum Gasteiger partial charge on any atom is -0.378 e. The molecule has 2 unspecified atom stereocenters. The molecular formula is C15H31OS+. The quantitative estimate of drug-likeness (QED) is 0.446. The van der Waals surface area contributed by atoms with Gasteiger partial charge in [0.1, 0.15) is 11.5 Å². The number of hydrogen-bond donors (Lipinski definition) is 0. The Labute approximate surface area is 111 Å². The third-order valence-corrected chi connectivity index (χ3v) is 5.69. The average molecular weight is 259 g/mol. The first kappa shape index (κ1) is 15.4. The molecule has 0 bridgehead atoms. The van der Waals surface area contributed by atoms with E-state index < -0.39 is 0 Å². The zero-order valence-electron chi connectivity index (χ0n) is 11.9. The van der Waals surface area contributed by atoms with Crippen molar-refractivity contribution >= 4 is 10.9 Å². The third kappa shape index (κ3) is 8.10. The van der Waals surface area contributed by atoms with Crippen LogP contribution in [-0.4, -0.2) is 30.5 Å². The largest absolute Gasteiger partial charge is 0.378 e. The van der Waals surface area contributed by atoms with Crippen LogP contribution in [0, 0.1) is 0 Å². The SMILES string of the molecule is CCC[S+](C)CCCCCCC1CCCCO1. The van der Waals surface area contributed by atoms with Crippen LogP contribution < -0.4 is 0 Å². The van der Waals surface area contributed by atoms with Crippen LogP contribution >= 0.6 is 0 Å². The average Bonchev–Trinajstić information content (AvgIpc) is 2.35. The summed E-state index contributed by atoms with van der Waals surface area (Å²) in [5.74, 6) is 2.91. The molecule has 0 aromatic rings. The standard InChI is InChI=1S/C15H31OS/c1-3-13-17(2)14-9-5-4-6-10-15-11-7-8-12-16-15/h15H,3-14H2,1-2H3/q+1. The van der Waals surface area contributed by atoms with Crippen LogP contribution in [-0.2, 0) is 15.6 Å². The smallest absolute Gasteiger partial charge is 0.107 e. The lowest BCUT2D eigenvalue weighted by Crippen LogP contribution is -2.18. The van der Waals surface area contributed by atoms with Gasteiger partial charge in [-0.3, -0.25) is 0 Å². The molecule has 0 aliphatic carbocycles. The maximum atomic E-state index is 5.76. The Morgan fingerprint density at radius 1 is 1.06 bits per heavy atom. The second kappa shape index (κ2) is 10.3. The van der Waals surface area contributed by atoms with Gasteiger partial charge in [0.2, 0.25) is 0 Å². The number of ether oxygens (including phenoxy) is 1. The van der Waals surface area contributed by atoms with E-state index in [1.807, 2.05) is 0 Å². The van der Waals surface area contributed by atoms with E-state index in [-0.39, 0.29) is 0 Å². The van der Waals surface area contributed by atoms with E-state index >= 15 is 0 Å². The van der Waals surface area contributed by atoms with Crippen molar-refractivity contribution in [1.29, 1.82) is 0 Å². The summed E-state index contributed by atoms with van der Waals surface area (Å²) in [6.07, 6.45) is 15.4. The molecule has 0 radical (unpaired) electrons. The van der Waals surface area contributed by atoms with Crippen molar-refractivity contribution in [3.63, 3.8) is 0 Å². The Balaban J connectivity index is 1.83. The molecule has 1 aliphatic heterocycles. The number of rotatable bonds is 9. The van der Waals surface area contributed by atoms with Crippen LogP contribution in [0.5, 0.6) is 0 Å². The van der Waals surface area contributed by atoms with E-state index in [1.165, 1.54) is 69.3 Å². The molecule has 1 saturated heterocycles. The van der Waals surface area contributed by atoms with Crippen molar-refractivity contribution in [1.82, 2.24) is 0 Å². The highest BCUT2D eigenvalue weighted by atomic mass is 32.2. The van der Waals surface area contributed by atoms with Crippen LogP contribution in [0.2, 0.25) is 0 Å². The fourth-order valence-corrected chi connectivity index (χ4v) is 4.16.